The molecule has 0 aromatic heterocycles. The van der Waals surface area contributed by atoms with E-state index in [9.17, 15) is 13.2 Å². The number of benzene rings is 1. The van der Waals surface area contributed by atoms with E-state index >= 15 is 0 Å². The van der Waals surface area contributed by atoms with Gasteiger partial charge in [0.25, 0.3) is 15.9 Å². The molecule has 6 nitrogen and oxygen atoms in total. The topological polar surface area (TPSA) is 96.3 Å². The van der Waals surface area contributed by atoms with Gasteiger partial charge in [0.1, 0.15) is 6.10 Å². The van der Waals surface area contributed by atoms with E-state index in [0.717, 1.165) is 0 Å². The van der Waals surface area contributed by atoms with Crippen molar-refractivity contribution in [2.24, 2.45) is 0 Å². The molecule has 1 amide bonds. The average molecular weight is 282 g/mol. The quantitative estimate of drug-likeness (QED) is 0.861. The maximum absolute atomic E-state index is 12.0. The summed E-state index contributed by atoms with van der Waals surface area (Å²) in [4.78, 5) is 11.5. The molecule has 1 atom stereocenters. The van der Waals surface area contributed by atoms with Crippen molar-refractivity contribution in [1.29, 1.82) is 5.26 Å². The Hall–Kier alpha value is -1.91. The fraction of sp³-hybridized carbons (Fsp3) is 0.333. The number of nitrogens with zero attached hydrogens (tertiary/aromatic N) is 1. The summed E-state index contributed by atoms with van der Waals surface area (Å²) in [5.74, 6) is -0.729. The molecule has 19 heavy (non-hydrogen) atoms. The molecular weight excluding hydrogens is 268 g/mol. The lowest BCUT2D eigenvalue weighted by molar-refractivity contribution is -0.129. The second kappa shape index (κ2) is 6.31. The molecular formula is C12H14N2O4S. The molecule has 0 heterocycles. The first-order chi connectivity index (χ1) is 8.94. The zero-order valence-corrected chi connectivity index (χ0v) is 11.4. The molecule has 1 N–H and O–H groups in total. The van der Waals surface area contributed by atoms with Crippen molar-refractivity contribution in [2.75, 3.05) is 7.11 Å². The van der Waals surface area contributed by atoms with E-state index in [1.165, 1.54) is 31.4 Å². The van der Waals surface area contributed by atoms with Gasteiger partial charge in [-0.25, -0.2) is 13.1 Å². The summed E-state index contributed by atoms with van der Waals surface area (Å²) in [7, 11) is -2.66. The largest absolute Gasteiger partial charge is 0.372 e. The van der Waals surface area contributed by atoms with Crippen molar-refractivity contribution >= 4 is 15.9 Å². The molecule has 0 saturated heterocycles. The summed E-state index contributed by atoms with van der Waals surface area (Å²) in [5, 5.41) is 8.72. The number of hydrogen-bond acceptors (Lipinski definition) is 5. The van der Waals surface area contributed by atoms with Crippen LogP contribution < -0.4 is 4.72 Å². The molecule has 1 aromatic carbocycles. The van der Waals surface area contributed by atoms with Crippen molar-refractivity contribution in [3.05, 3.63) is 29.8 Å². The van der Waals surface area contributed by atoms with Gasteiger partial charge in [-0.3, -0.25) is 4.79 Å². The third kappa shape index (κ3) is 3.77. The van der Waals surface area contributed by atoms with Crippen LogP contribution in [0.3, 0.4) is 0 Å². The highest BCUT2D eigenvalue weighted by molar-refractivity contribution is 7.90. The van der Waals surface area contributed by atoms with E-state index in [1.54, 1.807) is 6.92 Å². The molecule has 0 bridgehead atoms. The lowest BCUT2D eigenvalue weighted by atomic mass is 10.2. The number of rotatable bonds is 5. The number of amides is 1. The first-order valence-electron chi connectivity index (χ1n) is 5.54. The van der Waals surface area contributed by atoms with E-state index < -0.39 is 22.0 Å². The number of sulfonamides is 1. The Kier molecular flexibility index (Phi) is 5.03. The standard InChI is InChI=1S/C12H14N2O4S/c1-3-11(18-2)12(15)14-19(16,17)10-6-4-5-9(7-10)8-13/h4-7,11H,3H2,1-2H3,(H,14,15)/t11-/m0/s1. The van der Waals surface area contributed by atoms with E-state index in [1.807, 2.05) is 10.8 Å². The van der Waals surface area contributed by atoms with Crippen LogP contribution in [0.15, 0.2) is 29.2 Å². The minimum atomic E-state index is -3.99. The Labute approximate surface area is 112 Å². The Morgan fingerprint density at radius 1 is 1.53 bits per heavy atom. The van der Waals surface area contributed by atoms with Gasteiger partial charge in [-0.05, 0) is 24.6 Å². The summed E-state index contributed by atoms with van der Waals surface area (Å²) in [6.07, 6.45) is -0.468. The summed E-state index contributed by atoms with van der Waals surface area (Å²) in [6.45, 7) is 1.71. The number of carbonyl (C=O) groups excluding carboxylic acids is 1. The molecule has 0 fully saturated rings. The van der Waals surface area contributed by atoms with E-state index in [4.69, 9.17) is 10.00 Å². The minimum Gasteiger partial charge on any atom is -0.372 e. The van der Waals surface area contributed by atoms with Crippen molar-refractivity contribution in [3.8, 4) is 6.07 Å². The molecule has 0 radical (unpaired) electrons. The Bertz CT molecular complexity index is 600. The van der Waals surface area contributed by atoms with Gasteiger partial charge in [0.15, 0.2) is 0 Å². The average Bonchev–Trinajstić information content (AvgIpc) is 2.39. The first-order valence-corrected chi connectivity index (χ1v) is 7.02. The Balaban J connectivity index is 2.99. The molecule has 1 rings (SSSR count). The predicted octanol–water partition coefficient (Wildman–Crippen LogP) is 0.788. The molecule has 7 heteroatoms. The van der Waals surface area contributed by atoms with Gasteiger partial charge in [0.05, 0.1) is 16.5 Å². The van der Waals surface area contributed by atoms with Crippen LogP contribution in [-0.2, 0) is 19.6 Å². The molecule has 0 spiro atoms. The normalized spacial score (nSPS) is 12.5. The summed E-state index contributed by atoms with van der Waals surface area (Å²) in [5.41, 5.74) is 0.203. The lowest BCUT2D eigenvalue weighted by Gasteiger charge is -2.13. The first kappa shape index (κ1) is 15.1. The molecule has 0 aliphatic carbocycles. The van der Waals surface area contributed by atoms with Gasteiger partial charge in [-0.1, -0.05) is 13.0 Å². The molecule has 1 aromatic rings. The summed E-state index contributed by atoms with van der Waals surface area (Å²) >= 11 is 0. The van der Waals surface area contributed by atoms with Crippen molar-refractivity contribution in [3.63, 3.8) is 0 Å². The Morgan fingerprint density at radius 2 is 2.21 bits per heavy atom. The number of carbonyl (C=O) groups is 1. The predicted molar refractivity (Wildman–Crippen MR) is 67.6 cm³/mol. The molecule has 0 unspecified atom stereocenters. The van der Waals surface area contributed by atoms with Crippen LogP contribution in [0.1, 0.15) is 18.9 Å². The van der Waals surface area contributed by atoms with Crippen molar-refractivity contribution < 1.29 is 17.9 Å². The fourth-order valence-electron chi connectivity index (χ4n) is 1.45. The van der Waals surface area contributed by atoms with Gasteiger partial charge in [0.2, 0.25) is 0 Å². The minimum absolute atomic E-state index is 0.133. The van der Waals surface area contributed by atoms with Crippen molar-refractivity contribution in [2.45, 2.75) is 24.3 Å². The van der Waals surface area contributed by atoms with Gasteiger partial charge >= 0.3 is 0 Å². The van der Waals surface area contributed by atoms with E-state index in [0.29, 0.717) is 6.42 Å². The smallest absolute Gasteiger partial charge is 0.264 e. The lowest BCUT2D eigenvalue weighted by Crippen LogP contribution is -2.39. The second-order valence-electron chi connectivity index (χ2n) is 3.74. The highest BCUT2D eigenvalue weighted by atomic mass is 32.2. The van der Waals surface area contributed by atoms with Crippen LogP contribution in [0.4, 0.5) is 0 Å². The maximum Gasteiger partial charge on any atom is 0.264 e. The monoisotopic (exact) mass is 282 g/mol. The van der Waals surface area contributed by atoms with Crippen LogP contribution in [0.5, 0.6) is 0 Å². The zero-order valence-electron chi connectivity index (χ0n) is 10.6. The van der Waals surface area contributed by atoms with Crippen LogP contribution in [0.25, 0.3) is 0 Å². The highest BCUT2D eigenvalue weighted by Gasteiger charge is 2.23. The van der Waals surface area contributed by atoms with Crippen molar-refractivity contribution in [1.82, 2.24) is 4.72 Å². The number of nitriles is 1. The van der Waals surface area contributed by atoms with E-state index in [-0.39, 0.29) is 10.5 Å². The SMILES string of the molecule is CC[C@H](OC)C(=O)NS(=O)(=O)c1cccc(C#N)c1. The highest BCUT2D eigenvalue weighted by Crippen LogP contribution is 2.11. The third-order valence-corrected chi connectivity index (χ3v) is 3.80. The van der Waals surface area contributed by atoms with Gasteiger partial charge in [-0.2, -0.15) is 5.26 Å². The molecule has 0 aliphatic rings. The molecule has 0 aliphatic heterocycles. The number of methoxy groups -OCH3 is 1. The van der Waals surface area contributed by atoms with Gasteiger partial charge in [-0.15, -0.1) is 0 Å². The fourth-order valence-corrected chi connectivity index (χ4v) is 2.50. The van der Waals surface area contributed by atoms with Gasteiger partial charge in [0, 0.05) is 7.11 Å². The summed E-state index contributed by atoms with van der Waals surface area (Å²) < 4.78 is 30.7. The van der Waals surface area contributed by atoms with Crippen LogP contribution in [-0.4, -0.2) is 27.5 Å². The third-order valence-electron chi connectivity index (χ3n) is 2.46. The second-order valence-corrected chi connectivity index (χ2v) is 5.42. The number of hydrogen-bond donors (Lipinski definition) is 1. The van der Waals surface area contributed by atoms with E-state index in [2.05, 4.69) is 0 Å². The Morgan fingerprint density at radius 3 is 2.74 bits per heavy atom. The zero-order chi connectivity index (χ0) is 14.5. The summed E-state index contributed by atoms with van der Waals surface area (Å²) in [6, 6.07) is 7.26. The molecule has 0 saturated carbocycles. The number of ether oxygens (including phenoxy) is 1. The van der Waals surface area contributed by atoms with Crippen LogP contribution >= 0.6 is 0 Å². The maximum atomic E-state index is 12.0. The number of nitrogens with one attached hydrogen (secondary N) is 1. The van der Waals surface area contributed by atoms with Crippen LogP contribution in [0.2, 0.25) is 0 Å². The van der Waals surface area contributed by atoms with Crippen LogP contribution in [0, 0.1) is 11.3 Å². The van der Waals surface area contributed by atoms with Gasteiger partial charge < -0.3 is 4.74 Å². The molecule has 102 valence electrons.